The van der Waals surface area contributed by atoms with Crippen LogP contribution in [-0.2, 0) is 5.54 Å². The van der Waals surface area contributed by atoms with Crippen molar-refractivity contribution in [3.8, 4) is 11.3 Å². The molecule has 0 spiro atoms. The van der Waals surface area contributed by atoms with Crippen LogP contribution in [0.25, 0.3) is 11.3 Å². The van der Waals surface area contributed by atoms with Crippen LogP contribution in [0.5, 0.6) is 0 Å². The number of hydrogen-bond acceptors (Lipinski definition) is 2. The number of rotatable bonds is 2. The van der Waals surface area contributed by atoms with Gasteiger partial charge in [0.15, 0.2) is 6.29 Å². The lowest BCUT2D eigenvalue weighted by Gasteiger charge is -2.22. The standard InChI is InChI=1S/C14H15FN2O/c1-14(2,3)17-13(8-12(9-18)16-17)10-4-6-11(15)7-5-10/h4-9H,1-3H3. The van der Waals surface area contributed by atoms with Crippen LogP contribution in [0.3, 0.4) is 0 Å². The van der Waals surface area contributed by atoms with Gasteiger partial charge in [-0.15, -0.1) is 0 Å². The SMILES string of the molecule is CC(C)(C)n1nc(C=O)cc1-c1ccc(F)cc1. The summed E-state index contributed by atoms with van der Waals surface area (Å²) in [5.41, 5.74) is 1.78. The Bertz CT molecular complexity index is 564. The average Bonchev–Trinajstić information content (AvgIpc) is 2.74. The fourth-order valence-electron chi connectivity index (χ4n) is 1.79. The number of aromatic nitrogens is 2. The van der Waals surface area contributed by atoms with Crippen LogP contribution in [-0.4, -0.2) is 16.1 Å². The number of halogens is 1. The molecule has 0 aliphatic rings. The van der Waals surface area contributed by atoms with E-state index in [0.717, 1.165) is 17.5 Å². The van der Waals surface area contributed by atoms with Gasteiger partial charge in [0.05, 0.1) is 11.2 Å². The van der Waals surface area contributed by atoms with E-state index in [9.17, 15) is 9.18 Å². The van der Waals surface area contributed by atoms with Crippen molar-refractivity contribution in [2.24, 2.45) is 0 Å². The minimum atomic E-state index is -0.281. The average molecular weight is 246 g/mol. The predicted molar refractivity (Wildman–Crippen MR) is 68.0 cm³/mol. The van der Waals surface area contributed by atoms with E-state index < -0.39 is 0 Å². The van der Waals surface area contributed by atoms with Crippen LogP contribution in [0.15, 0.2) is 30.3 Å². The molecule has 0 saturated heterocycles. The number of carbonyl (C=O) groups is 1. The zero-order valence-corrected chi connectivity index (χ0v) is 10.6. The molecule has 0 radical (unpaired) electrons. The molecule has 1 aromatic heterocycles. The molecule has 2 rings (SSSR count). The summed E-state index contributed by atoms with van der Waals surface area (Å²) in [5.74, 6) is -0.281. The van der Waals surface area contributed by atoms with Gasteiger partial charge in [-0.05, 0) is 51.1 Å². The number of carbonyl (C=O) groups excluding carboxylic acids is 1. The Balaban J connectivity index is 2.59. The van der Waals surface area contributed by atoms with E-state index in [2.05, 4.69) is 5.10 Å². The summed E-state index contributed by atoms with van der Waals surface area (Å²) in [7, 11) is 0. The molecule has 2 aromatic rings. The molecule has 0 atom stereocenters. The molecule has 0 N–H and O–H groups in total. The van der Waals surface area contributed by atoms with Crippen molar-refractivity contribution in [3.63, 3.8) is 0 Å². The molecule has 18 heavy (non-hydrogen) atoms. The quantitative estimate of drug-likeness (QED) is 0.762. The summed E-state index contributed by atoms with van der Waals surface area (Å²) >= 11 is 0. The van der Waals surface area contributed by atoms with Gasteiger partial charge in [0, 0.05) is 5.56 Å². The first-order valence-electron chi connectivity index (χ1n) is 5.73. The predicted octanol–water partition coefficient (Wildman–Crippen LogP) is 3.26. The zero-order valence-electron chi connectivity index (χ0n) is 10.6. The lowest BCUT2D eigenvalue weighted by atomic mass is 10.1. The van der Waals surface area contributed by atoms with Crippen molar-refractivity contribution in [3.05, 3.63) is 41.8 Å². The maximum Gasteiger partial charge on any atom is 0.170 e. The minimum Gasteiger partial charge on any atom is -0.296 e. The number of hydrogen-bond donors (Lipinski definition) is 0. The van der Waals surface area contributed by atoms with Gasteiger partial charge >= 0.3 is 0 Å². The smallest absolute Gasteiger partial charge is 0.170 e. The van der Waals surface area contributed by atoms with Crippen molar-refractivity contribution in [1.29, 1.82) is 0 Å². The van der Waals surface area contributed by atoms with Gasteiger partial charge in [0.2, 0.25) is 0 Å². The molecule has 1 heterocycles. The monoisotopic (exact) mass is 246 g/mol. The van der Waals surface area contributed by atoms with E-state index in [-0.39, 0.29) is 11.4 Å². The first kappa shape index (κ1) is 12.5. The Morgan fingerprint density at radius 3 is 2.33 bits per heavy atom. The van der Waals surface area contributed by atoms with E-state index in [4.69, 9.17) is 0 Å². The first-order valence-corrected chi connectivity index (χ1v) is 5.73. The Kier molecular flexibility index (Phi) is 3.03. The largest absolute Gasteiger partial charge is 0.296 e. The molecule has 0 bridgehead atoms. The summed E-state index contributed by atoms with van der Waals surface area (Å²) < 4.78 is 14.7. The third kappa shape index (κ3) is 2.32. The van der Waals surface area contributed by atoms with Gasteiger partial charge in [-0.2, -0.15) is 5.10 Å². The van der Waals surface area contributed by atoms with Gasteiger partial charge in [-0.1, -0.05) is 0 Å². The molecular formula is C14H15FN2O. The van der Waals surface area contributed by atoms with Crippen molar-refractivity contribution in [2.45, 2.75) is 26.3 Å². The lowest BCUT2D eigenvalue weighted by molar-refractivity contribution is 0.111. The normalized spacial score (nSPS) is 11.6. The van der Waals surface area contributed by atoms with Gasteiger partial charge in [-0.3, -0.25) is 9.48 Å². The first-order chi connectivity index (χ1) is 8.41. The minimum absolute atomic E-state index is 0.245. The molecule has 1 aromatic carbocycles. The molecular weight excluding hydrogens is 231 g/mol. The molecule has 0 aliphatic heterocycles. The maximum atomic E-state index is 12.9. The topological polar surface area (TPSA) is 34.9 Å². The van der Waals surface area contributed by atoms with E-state index >= 15 is 0 Å². The molecule has 0 unspecified atom stereocenters. The van der Waals surface area contributed by atoms with Crippen LogP contribution in [0, 0.1) is 5.82 Å². The summed E-state index contributed by atoms with van der Waals surface area (Å²) in [4.78, 5) is 10.8. The van der Waals surface area contributed by atoms with E-state index in [0.29, 0.717) is 5.69 Å². The van der Waals surface area contributed by atoms with Crippen LogP contribution >= 0.6 is 0 Å². The van der Waals surface area contributed by atoms with Crippen molar-refractivity contribution < 1.29 is 9.18 Å². The third-order valence-corrected chi connectivity index (χ3v) is 2.62. The van der Waals surface area contributed by atoms with Gasteiger partial charge in [0.25, 0.3) is 0 Å². The number of aldehydes is 1. The Morgan fingerprint density at radius 1 is 1.22 bits per heavy atom. The summed E-state index contributed by atoms with van der Waals surface area (Å²) in [6.07, 6.45) is 0.718. The number of benzene rings is 1. The molecule has 94 valence electrons. The van der Waals surface area contributed by atoms with Crippen molar-refractivity contribution in [1.82, 2.24) is 9.78 Å². The van der Waals surface area contributed by atoms with Gasteiger partial charge < -0.3 is 0 Å². The van der Waals surface area contributed by atoms with E-state index in [1.165, 1.54) is 12.1 Å². The third-order valence-electron chi connectivity index (χ3n) is 2.62. The van der Waals surface area contributed by atoms with Crippen LogP contribution in [0.4, 0.5) is 4.39 Å². The molecule has 0 fully saturated rings. The second-order valence-corrected chi connectivity index (χ2v) is 5.16. The summed E-state index contributed by atoms with van der Waals surface area (Å²) in [5, 5.41) is 4.25. The second kappa shape index (κ2) is 4.37. The summed E-state index contributed by atoms with van der Waals surface area (Å²) in [6, 6.07) is 7.88. The highest BCUT2D eigenvalue weighted by molar-refractivity contribution is 5.75. The Morgan fingerprint density at radius 2 is 1.83 bits per heavy atom. The van der Waals surface area contributed by atoms with E-state index in [1.54, 1.807) is 22.9 Å². The Labute approximate surface area is 105 Å². The molecule has 0 aliphatic carbocycles. The number of nitrogens with zero attached hydrogens (tertiary/aromatic N) is 2. The van der Waals surface area contributed by atoms with Crippen LogP contribution in [0.1, 0.15) is 31.3 Å². The van der Waals surface area contributed by atoms with Crippen molar-refractivity contribution in [2.75, 3.05) is 0 Å². The molecule has 3 nitrogen and oxygen atoms in total. The zero-order chi connectivity index (χ0) is 13.3. The Hall–Kier alpha value is -1.97. The molecule has 4 heteroatoms. The highest BCUT2D eigenvalue weighted by atomic mass is 19.1. The molecule has 0 saturated carbocycles. The van der Waals surface area contributed by atoms with Crippen LogP contribution < -0.4 is 0 Å². The van der Waals surface area contributed by atoms with Crippen molar-refractivity contribution >= 4 is 6.29 Å². The lowest BCUT2D eigenvalue weighted by Crippen LogP contribution is -2.24. The van der Waals surface area contributed by atoms with Gasteiger partial charge in [0.1, 0.15) is 11.5 Å². The molecule has 0 amide bonds. The fraction of sp³-hybridized carbons (Fsp3) is 0.286. The summed E-state index contributed by atoms with van der Waals surface area (Å²) in [6.45, 7) is 6.00. The fourth-order valence-corrected chi connectivity index (χ4v) is 1.79. The second-order valence-electron chi connectivity index (χ2n) is 5.16. The van der Waals surface area contributed by atoms with Gasteiger partial charge in [-0.25, -0.2) is 4.39 Å². The van der Waals surface area contributed by atoms with Crippen LogP contribution in [0.2, 0.25) is 0 Å². The highest BCUT2D eigenvalue weighted by Crippen LogP contribution is 2.26. The maximum absolute atomic E-state index is 12.9. The van der Waals surface area contributed by atoms with E-state index in [1.807, 2.05) is 20.8 Å². The highest BCUT2D eigenvalue weighted by Gasteiger charge is 2.20.